The summed E-state index contributed by atoms with van der Waals surface area (Å²) in [4.78, 5) is 29.9. The van der Waals surface area contributed by atoms with Gasteiger partial charge < -0.3 is 19.9 Å². The van der Waals surface area contributed by atoms with Crippen LogP contribution in [0.1, 0.15) is 13.3 Å². The molecule has 2 unspecified atom stereocenters. The Morgan fingerprint density at radius 2 is 2.06 bits per heavy atom. The number of pyridine rings is 1. The van der Waals surface area contributed by atoms with E-state index in [9.17, 15) is 14.0 Å². The highest BCUT2D eigenvalue weighted by Crippen LogP contribution is 2.34. The Morgan fingerprint density at radius 3 is 2.77 bits per heavy atom. The van der Waals surface area contributed by atoms with Gasteiger partial charge in [-0.3, -0.25) is 9.59 Å². The van der Waals surface area contributed by atoms with Gasteiger partial charge in [-0.05, 0) is 55.1 Å². The van der Waals surface area contributed by atoms with Gasteiger partial charge in [0.25, 0.3) is 11.5 Å². The minimum atomic E-state index is -0.661. The van der Waals surface area contributed by atoms with Crippen molar-refractivity contribution in [2.24, 2.45) is 0 Å². The summed E-state index contributed by atoms with van der Waals surface area (Å²) in [6.45, 7) is 3.25. The molecule has 1 amide bonds. The van der Waals surface area contributed by atoms with Crippen molar-refractivity contribution in [3.05, 3.63) is 63.8 Å². The predicted octanol–water partition coefficient (Wildman–Crippen LogP) is 3.33. The number of amides is 1. The second-order valence-corrected chi connectivity index (χ2v) is 8.52. The molecule has 0 saturated carbocycles. The van der Waals surface area contributed by atoms with E-state index in [1.54, 1.807) is 37.4 Å². The molecule has 3 atom stereocenters. The quantitative estimate of drug-likeness (QED) is 0.651. The Labute approximate surface area is 183 Å². The van der Waals surface area contributed by atoms with Crippen molar-refractivity contribution in [3.63, 3.8) is 0 Å². The fourth-order valence-corrected chi connectivity index (χ4v) is 4.83. The molecule has 2 aromatic carbocycles. The number of hydrogen-bond donors (Lipinski definition) is 2. The van der Waals surface area contributed by atoms with Crippen molar-refractivity contribution < 1.29 is 13.9 Å². The van der Waals surface area contributed by atoms with Crippen molar-refractivity contribution in [2.75, 3.05) is 13.1 Å². The fourth-order valence-electron chi connectivity index (χ4n) is 4.56. The topological polar surface area (TPSA) is 74.4 Å². The van der Waals surface area contributed by atoms with Gasteiger partial charge in [0.15, 0.2) is 6.10 Å². The van der Waals surface area contributed by atoms with Gasteiger partial charge in [0, 0.05) is 42.5 Å². The van der Waals surface area contributed by atoms with E-state index >= 15 is 0 Å². The highest BCUT2D eigenvalue weighted by molar-refractivity contribution is 6.33. The van der Waals surface area contributed by atoms with Gasteiger partial charge in [0.2, 0.25) is 0 Å². The van der Waals surface area contributed by atoms with Crippen molar-refractivity contribution in [1.29, 1.82) is 0 Å². The minimum absolute atomic E-state index is 0.0464. The van der Waals surface area contributed by atoms with Crippen molar-refractivity contribution in [3.8, 4) is 16.9 Å². The first kappa shape index (κ1) is 20.0. The molecule has 0 spiro atoms. The predicted molar refractivity (Wildman–Crippen MR) is 117 cm³/mol. The normalized spacial score (nSPS) is 20.9. The number of nitrogens with zero attached hydrogens (tertiary/aromatic N) is 1. The highest BCUT2D eigenvalue weighted by atomic mass is 35.5. The number of likely N-dealkylation sites (tertiary alicyclic amines) is 1. The molecule has 1 aromatic heterocycles. The maximum Gasteiger partial charge on any atom is 0.263 e. The van der Waals surface area contributed by atoms with Crippen LogP contribution in [0.15, 0.2) is 47.4 Å². The molecule has 3 heterocycles. The van der Waals surface area contributed by atoms with Gasteiger partial charge in [-0.1, -0.05) is 11.6 Å². The van der Waals surface area contributed by atoms with Crippen LogP contribution in [-0.2, 0) is 4.79 Å². The number of ether oxygens (including phenoxy) is 1. The zero-order valence-corrected chi connectivity index (χ0v) is 17.6. The van der Waals surface area contributed by atoms with E-state index in [2.05, 4.69) is 10.3 Å². The summed E-state index contributed by atoms with van der Waals surface area (Å²) in [7, 11) is 0. The largest absolute Gasteiger partial charge is 0.481 e. The number of rotatable bonds is 4. The summed E-state index contributed by atoms with van der Waals surface area (Å²) in [5, 5.41) is 4.69. The molecule has 0 radical (unpaired) electrons. The second kappa shape index (κ2) is 7.66. The Morgan fingerprint density at radius 1 is 1.23 bits per heavy atom. The molecular formula is C23H21ClFN3O3. The van der Waals surface area contributed by atoms with Crippen molar-refractivity contribution in [2.45, 2.75) is 31.5 Å². The van der Waals surface area contributed by atoms with Crippen LogP contribution < -0.4 is 15.6 Å². The number of carbonyl (C=O) groups excluding carboxylic acids is 1. The molecule has 6 nitrogen and oxygen atoms in total. The summed E-state index contributed by atoms with van der Waals surface area (Å²) >= 11 is 6.22. The van der Waals surface area contributed by atoms with Gasteiger partial charge >= 0.3 is 0 Å². The van der Waals surface area contributed by atoms with E-state index in [0.717, 1.165) is 13.0 Å². The molecule has 2 saturated heterocycles. The average Bonchev–Trinajstić information content (AvgIpc) is 3.38. The molecule has 2 aliphatic heterocycles. The van der Waals surface area contributed by atoms with E-state index in [1.807, 2.05) is 4.90 Å². The molecule has 8 heteroatoms. The molecule has 2 aliphatic rings. The number of nitrogens with one attached hydrogen (secondary N) is 2. The lowest BCUT2D eigenvalue weighted by atomic mass is 10.0. The number of fused-ring (bicyclic) bond motifs is 3. The Balaban J connectivity index is 1.44. The van der Waals surface area contributed by atoms with E-state index in [0.29, 0.717) is 40.2 Å². The van der Waals surface area contributed by atoms with Crippen molar-refractivity contribution >= 4 is 28.3 Å². The van der Waals surface area contributed by atoms with Crippen LogP contribution in [0.3, 0.4) is 0 Å². The lowest BCUT2D eigenvalue weighted by molar-refractivity contribution is -0.139. The molecule has 3 aromatic rings. The van der Waals surface area contributed by atoms with Crippen LogP contribution in [0.25, 0.3) is 21.9 Å². The molecule has 0 aliphatic carbocycles. The van der Waals surface area contributed by atoms with Gasteiger partial charge in [-0.2, -0.15) is 0 Å². The minimum Gasteiger partial charge on any atom is -0.481 e. The Kier molecular flexibility index (Phi) is 4.95. The third-order valence-corrected chi connectivity index (χ3v) is 6.41. The lowest BCUT2D eigenvalue weighted by Gasteiger charge is -2.30. The number of aromatic nitrogens is 1. The van der Waals surface area contributed by atoms with Crippen LogP contribution in [0, 0.1) is 5.82 Å². The van der Waals surface area contributed by atoms with Gasteiger partial charge in [-0.15, -0.1) is 0 Å². The monoisotopic (exact) mass is 441 g/mol. The summed E-state index contributed by atoms with van der Waals surface area (Å²) in [6.07, 6.45) is 1.89. The number of piperazine rings is 1. The van der Waals surface area contributed by atoms with Crippen LogP contribution in [0.4, 0.5) is 4.39 Å². The van der Waals surface area contributed by atoms with E-state index in [1.165, 1.54) is 12.1 Å². The summed E-state index contributed by atoms with van der Waals surface area (Å²) in [5.41, 5.74) is 0.999. The molecule has 2 N–H and O–H groups in total. The third kappa shape index (κ3) is 3.58. The molecule has 31 heavy (non-hydrogen) atoms. The summed E-state index contributed by atoms with van der Waals surface area (Å²) in [5.74, 6) is -0.0441. The first-order valence-corrected chi connectivity index (χ1v) is 10.6. The number of H-pyrrole nitrogens is 1. The van der Waals surface area contributed by atoms with Gasteiger partial charge in [-0.25, -0.2) is 4.39 Å². The maximum atomic E-state index is 13.4. The highest BCUT2D eigenvalue weighted by Gasteiger charge is 2.41. The Bertz CT molecular complexity index is 1240. The second-order valence-electron chi connectivity index (χ2n) is 8.11. The first-order valence-electron chi connectivity index (χ1n) is 10.2. The van der Waals surface area contributed by atoms with Gasteiger partial charge in [0.05, 0.1) is 10.4 Å². The molecule has 160 valence electrons. The summed E-state index contributed by atoms with van der Waals surface area (Å²) < 4.78 is 19.4. The van der Waals surface area contributed by atoms with E-state index in [-0.39, 0.29) is 22.5 Å². The molecule has 5 rings (SSSR count). The van der Waals surface area contributed by atoms with Gasteiger partial charge in [0.1, 0.15) is 11.6 Å². The lowest BCUT2D eigenvalue weighted by Crippen LogP contribution is -2.50. The number of carbonyl (C=O) groups is 1. The SMILES string of the molecule is C[C@@H](Oc1ccc2c(-c3ccc(F)cc3Cl)c[nH]c(=O)c2c1)C(=O)N1CC2CC1CN2. The van der Waals surface area contributed by atoms with Crippen LogP contribution >= 0.6 is 11.6 Å². The smallest absolute Gasteiger partial charge is 0.263 e. The maximum absolute atomic E-state index is 13.4. The number of hydrogen-bond acceptors (Lipinski definition) is 4. The zero-order valence-electron chi connectivity index (χ0n) is 16.8. The van der Waals surface area contributed by atoms with Crippen LogP contribution in [0.5, 0.6) is 5.75 Å². The molecule has 2 bridgehead atoms. The zero-order chi connectivity index (χ0) is 21.7. The molecule has 2 fully saturated rings. The van der Waals surface area contributed by atoms with Crippen LogP contribution in [-0.4, -0.2) is 47.1 Å². The summed E-state index contributed by atoms with van der Waals surface area (Å²) in [6, 6.07) is 9.84. The standard InChI is InChI=1S/C23H21ClFN3O3/c1-12(23(30)28-11-14-7-15(28)9-26-14)31-16-3-5-17-19(8-16)22(29)27-10-20(17)18-4-2-13(25)6-21(18)24/h2-6,8,10,12,14-15,26H,7,9,11H2,1H3,(H,27,29)/t12-,14?,15?/m1/s1. The van der Waals surface area contributed by atoms with E-state index < -0.39 is 11.9 Å². The van der Waals surface area contributed by atoms with Crippen LogP contribution in [0.2, 0.25) is 5.02 Å². The third-order valence-electron chi connectivity index (χ3n) is 6.10. The Hall–Kier alpha value is -2.90. The van der Waals surface area contributed by atoms with E-state index in [4.69, 9.17) is 16.3 Å². The number of benzene rings is 2. The number of halogens is 2. The first-order chi connectivity index (χ1) is 14.9. The average molecular weight is 442 g/mol. The fraction of sp³-hybridized carbons (Fsp3) is 0.304. The van der Waals surface area contributed by atoms with Crippen molar-refractivity contribution in [1.82, 2.24) is 15.2 Å². The number of aromatic amines is 1. The molecular weight excluding hydrogens is 421 g/mol.